The number of anilines is 1. The Bertz CT molecular complexity index is 735. The first-order valence-electron chi connectivity index (χ1n) is 7.38. The lowest BCUT2D eigenvalue weighted by Crippen LogP contribution is -2.33. The predicted octanol–water partition coefficient (Wildman–Crippen LogP) is 3.19. The number of ether oxygens (including phenoxy) is 2. The molecule has 0 heterocycles. The highest BCUT2D eigenvalue weighted by molar-refractivity contribution is 6.37. The fourth-order valence-corrected chi connectivity index (χ4v) is 2.65. The summed E-state index contributed by atoms with van der Waals surface area (Å²) in [5.74, 6) is -0.120. The molecule has 134 valence electrons. The van der Waals surface area contributed by atoms with Crippen molar-refractivity contribution in [2.75, 3.05) is 19.2 Å². The van der Waals surface area contributed by atoms with Crippen LogP contribution in [0.5, 0.6) is 11.5 Å². The summed E-state index contributed by atoms with van der Waals surface area (Å²) in [6.07, 6.45) is 0.277. The normalized spacial score (nSPS) is 11.7. The summed E-state index contributed by atoms with van der Waals surface area (Å²) < 4.78 is 10.1. The number of methoxy groups -OCH3 is 1. The fourth-order valence-electron chi connectivity index (χ4n) is 2.15. The topological polar surface area (TPSA) is 93.8 Å². The molecule has 0 aliphatic carbocycles. The Morgan fingerprint density at radius 2 is 1.96 bits per heavy atom. The van der Waals surface area contributed by atoms with Crippen molar-refractivity contribution in [1.82, 2.24) is 0 Å². The number of aromatic hydroxyl groups is 1. The molecule has 8 heteroatoms. The predicted molar refractivity (Wildman–Crippen MR) is 97.4 cm³/mol. The summed E-state index contributed by atoms with van der Waals surface area (Å²) >= 11 is 12.0. The molecule has 0 aliphatic rings. The van der Waals surface area contributed by atoms with E-state index in [2.05, 4.69) is 10.1 Å². The summed E-state index contributed by atoms with van der Waals surface area (Å²) in [6.45, 7) is 0.0313. The maximum atomic E-state index is 11.4. The highest BCUT2D eigenvalue weighted by Crippen LogP contribution is 2.32. The first-order valence-corrected chi connectivity index (χ1v) is 8.14. The van der Waals surface area contributed by atoms with E-state index in [1.165, 1.54) is 13.2 Å². The second kappa shape index (κ2) is 8.80. The lowest BCUT2D eigenvalue weighted by atomic mass is 10.1. The molecule has 0 saturated carbocycles. The van der Waals surface area contributed by atoms with E-state index in [9.17, 15) is 9.90 Å². The fraction of sp³-hybridized carbons (Fsp3) is 0.235. The standard InChI is InChI=1S/C17H18Cl2N2O4/c1-24-17(23)13(20)7-10-5-6-15(22)14(8-10)21-9-25-16-11(18)3-2-4-12(16)19/h2-6,8,13,21-22H,7,9,20H2,1H3/t13-/m0/s1. The summed E-state index contributed by atoms with van der Waals surface area (Å²) in [4.78, 5) is 11.4. The molecule has 25 heavy (non-hydrogen) atoms. The van der Waals surface area contributed by atoms with Crippen molar-refractivity contribution in [1.29, 1.82) is 0 Å². The highest BCUT2D eigenvalue weighted by Gasteiger charge is 2.15. The van der Waals surface area contributed by atoms with Crippen molar-refractivity contribution in [3.63, 3.8) is 0 Å². The number of esters is 1. The quantitative estimate of drug-likeness (QED) is 0.385. The van der Waals surface area contributed by atoms with E-state index < -0.39 is 12.0 Å². The zero-order chi connectivity index (χ0) is 18.4. The van der Waals surface area contributed by atoms with E-state index in [0.29, 0.717) is 21.5 Å². The monoisotopic (exact) mass is 384 g/mol. The van der Waals surface area contributed by atoms with Gasteiger partial charge in [-0.2, -0.15) is 0 Å². The number of rotatable bonds is 7. The number of phenols is 1. The number of hydrogen-bond acceptors (Lipinski definition) is 6. The highest BCUT2D eigenvalue weighted by atomic mass is 35.5. The minimum atomic E-state index is -0.777. The van der Waals surface area contributed by atoms with E-state index >= 15 is 0 Å². The van der Waals surface area contributed by atoms with E-state index in [-0.39, 0.29) is 18.9 Å². The van der Waals surface area contributed by atoms with Crippen molar-refractivity contribution >= 4 is 34.9 Å². The lowest BCUT2D eigenvalue weighted by Gasteiger charge is -2.14. The van der Waals surface area contributed by atoms with Crippen molar-refractivity contribution < 1.29 is 19.4 Å². The molecule has 2 rings (SSSR count). The summed E-state index contributed by atoms with van der Waals surface area (Å²) in [7, 11) is 1.28. The Morgan fingerprint density at radius 3 is 2.60 bits per heavy atom. The zero-order valence-electron chi connectivity index (χ0n) is 13.5. The van der Waals surface area contributed by atoms with Crippen LogP contribution in [-0.2, 0) is 16.0 Å². The molecule has 0 unspecified atom stereocenters. The van der Waals surface area contributed by atoms with E-state index in [4.69, 9.17) is 33.7 Å². The molecule has 0 fully saturated rings. The van der Waals surface area contributed by atoms with Gasteiger partial charge in [0.05, 0.1) is 22.8 Å². The number of para-hydroxylation sites is 1. The molecule has 0 radical (unpaired) electrons. The van der Waals surface area contributed by atoms with Gasteiger partial charge in [0.1, 0.15) is 11.8 Å². The first-order chi connectivity index (χ1) is 11.9. The maximum Gasteiger partial charge on any atom is 0.322 e. The van der Waals surface area contributed by atoms with Gasteiger partial charge < -0.3 is 25.6 Å². The van der Waals surface area contributed by atoms with Crippen LogP contribution in [0.3, 0.4) is 0 Å². The van der Waals surface area contributed by atoms with Crippen LogP contribution in [0.1, 0.15) is 5.56 Å². The number of halogens is 2. The third-order valence-corrected chi connectivity index (χ3v) is 4.01. The van der Waals surface area contributed by atoms with Crippen LogP contribution in [0.25, 0.3) is 0 Å². The summed E-state index contributed by atoms with van der Waals surface area (Å²) in [6, 6.07) is 9.12. The maximum absolute atomic E-state index is 11.4. The first kappa shape index (κ1) is 19.2. The van der Waals surface area contributed by atoms with Crippen molar-refractivity contribution in [2.45, 2.75) is 12.5 Å². The minimum absolute atomic E-state index is 0.0313. The Kier molecular flexibility index (Phi) is 6.75. The number of hydrogen-bond donors (Lipinski definition) is 3. The molecule has 6 nitrogen and oxygen atoms in total. The largest absolute Gasteiger partial charge is 0.506 e. The molecule has 2 aromatic rings. The van der Waals surface area contributed by atoms with Gasteiger partial charge in [-0.3, -0.25) is 4.79 Å². The smallest absolute Gasteiger partial charge is 0.322 e. The third-order valence-electron chi connectivity index (χ3n) is 3.42. The van der Waals surface area contributed by atoms with Crippen molar-refractivity contribution in [2.24, 2.45) is 5.73 Å². The Morgan fingerprint density at radius 1 is 1.28 bits per heavy atom. The van der Waals surface area contributed by atoms with Gasteiger partial charge in [0.25, 0.3) is 0 Å². The van der Waals surface area contributed by atoms with Crippen LogP contribution in [0.15, 0.2) is 36.4 Å². The number of carbonyl (C=O) groups is 1. The molecular weight excluding hydrogens is 367 g/mol. The summed E-state index contributed by atoms with van der Waals surface area (Å²) in [5.41, 5.74) is 6.93. The number of nitrogens with two attached hydrogens (primary N) is 1. The Hall–Kier alpha value is -2.15. The van der Waals surface area contributed by atoms with Gasteiger partial charge in [0, 0.05) is 0 Å². The van der Waals surface area contributed by atoms with Gasteiger partial charge in [0.2, 0.25) is 0 Å². The van der Waals surface area contributed by atoms with Crippen LogP contribution in [0.2, 0.25) is 10.0 Å². The van der Waals surface area contributed by atoms with Crippen LogP contribution >= 0.6 is 23.2 Å². The second-order valence-electron chi connectivity index (χ2n) is 5.20. The van der Waals surface area contributed by atoms with Gasteiger partial charge in [-0.25, -0.2) is 0 Å². The number of carbonyl (C=O) groups excluding carboxylic acids is 1. The van der Waals surface area contributed by atoms with Crippen molar-refractivity contribution in [3.05, 3.63) is 52.0 Å². The minimum Gasteiger partial charge on any atom is -0.506 e. The second-order valence-corrected chi connectivity index (χ2v) is 6.02. The van der Waals surface area contributed by atoms with E-state index in [1.54, 1.807) is 30.3 Å². The molecule has 2 aromatic carbocycles. The molecule has 0 amide bonds. The average molecular weight is 385 g/mol. The van der Waals surface area contributed by atoms with Crippen LogP contribution in [-0.4, -0.2) is 31.0 Å². The molecule has 0 saturated heterocycles. The van der Waals surface area contributed by atoms with Gasteiger partial charge in [-0.1, -0.05) is 35.3 Å². The SMILES string of the molecule is COC(=O)[C@@H](N)Cc1ccc(O)c(NCOc2c(Cl)cccc2Cl)c1. The Balaban J connectivity index is 2.02. The molecular formula is C17H18Cl2N2O4. The van der Waals surface area contributed by atoms with Gasteiger partial charge in [-0.15, -0.1) is 0 Å². The van der Waals surface area contributed by atoms with Crippen LogP contribution in [0, 0.1) is 0 Å². The lowest BCUT2D eigenvalue weighted by molar-refractivity contribution is -0.142. The Labute approximate surface area is 155 Å². The molecule has 1 atom stereocenters. The number of benzene rings is 2. The molecule has 0 spiro atoms. The number of phenolic OH excluding ortho intramolecular Hbond substituents is 1. The third kappa shape index (κ3) is 5.16. The van der Waals surface area contributed by atoms with E-state index in [1.807, 2.05) is 0 Å². The average Bonchev–Trinajstić information content (AvgIpc) is 2.59. The van der Waals surface area contributed by atoms with Crippen LogP contribution in [0.4, 0.5) is 5.69 Å². The van der Waals surface area contributed by atoms with E-state index in [0.717, 1.165) is 5.56 Å². The molecule has 4 N–H and O–H groups in total. The van der Waals surface area contributed by atoms with Crippen LogP contribution < -0.4 is 15.8 Å². The zero-order valence-corrected chi connectivity index (χ0v) is 15.0. The van der Waals surface area contributed by atoms with Gasteiger partial charge in [-0.05, 0) is 36.2 Å². The summed E-state index contributed by atoms with van der Waals surface area (Å²) in [5, 5.41) is 13.6. The van der Waals surface area contributed by atoms with Gasteiger partial charge in [0.15, 0.2) is 12.5 Å². The van der Waals surface area contributed by atoms with Crippen molar-refractivity contribution in [3.8, 4) is 11.5 Å². The molecule has 0 aromatic heterocycles. The molecule has 0 bridgehead atoms. The number of nitrogens with one attached hydrogen (secondary N) is 1. The molecule has 0 aliphatic heterocycles. The van der Waals surface area contributed by atoms with Gasteiger partial charge >= 0.3 is 5.97 Å².